The summed E-state index contributed by atoms with van der Waals surface area (Å²) in [6.45, 7) is 14.5. The van der Waals surface area contributed by atoms with Gasteiger partial charge in [-0.1, -0.05) is 59.3 Å². The van der Waals surface area contributed by atoms with Gasteiger partial charge in [-0.15, -0.1) is 0 Å². The number of hydrogen-bond acceptors (Lipinski definition) is 1. The quantitative estimate of drug-likeness (QED) is 0.460. The van der Waals surface area contributed by atoms with Crippen LogP contribution in [-0.2, 0) is 4.79 Å². The van der Waals surface area contributed by atoms with Crippen molar-refractivity contribution in [1.82, 2.24) is 0 Å². The summed E-state index contributed by atoms with van der Waals surface area (Å²) >= 11 is 0. The second-order valence-electron chi connectivity index (χ2n) is 12.5. The molecular formula is C28H42O. The normalized spacial score (nSPS) is 50.0. The van der Waals surface area contributed by atoms with Crippen LogP contribution >= 0.6 is 0 Å². The number of carbonyl (C=O) groups is 1. The first kappa shape index (κ1) is 20.1. The van der Waals surface area contributed by atoms with Gasteiger partial charge in [0.15, 0.2) is 5.78 Å². The molecule has 4 saturated carbocycles. The van der Waals surface area contributed by atoms with Gasteiger partial charge in [-0.2, -0.15) is 0 Å². The molecule has 5 rings (SSSR count). The van der Waals surface area contributed by atoms with E-state index in [2.05, 4.69) is 59.8 Å². The fourth-order valence-electron chi connectivity index (χ4n) is 8.92. The van der Waals surface area contributed by atoms with Crippen molar-refractivity contribution < 1.29 is 4.79 Å². The number of rotatable bonds is 4. The third-order valence-electron chi connectivity index (χ3n) is 11.2. The summed E-state index contributed by atoms with van der Waals surface area (Å²) < 4.78 is 0. The summed E-state index contributed by atoms with van der Waals surface area (Å²) in [5, 5.41) is 0. The number of allylic oxidation sites excluding steroid dienone is 4. The maximum atomic E-state index is 13.4. The highest BCUT2D eigenvalue weighted by Crippen LogP contribution is 2.79. The predicted molar refractivity (Wildman–Crippen MR) is 120 cm³/mol. The molecule has 4 fully saturated rings. The summed E-state index contributed by atoms with van der Waals surface area (Å²) in [7, 11) is 0. The van der Waals surface area contributed by atoms with E-state index in [9.17, 15) is 4.79 Å². The fourth-order valence-corrected chi connectivity index (χ4v) is 8.92. The molecule has 29 heavy (non-hydrogen) atoms. The van der Waals surface area contributed by atoms with Crippen LogP contribution in [0.2, 0.25) is 0 Å². The van der Waals surface area contributed by atoms with Gasteiger partial charge in [-0.3, -0.25) is 4.79 Å². The third kappa shape index (κ3) is 2.48. The maximum Gasteiger partial charge on any atom is 0.162 e. The Bertz CT molecular complexity index is 773. The van der Waals surface area contributed by atoms with E-state index < -0.39 is 0 Å². The molecule has 5 aliphatic rings. The molecule has 0 amide bonds. The minimum Gasteiger partial charge on any atom is -0.294 e. The molecule has 0 N–H and O–H groups in total. The lowest BCUT2D eigenvalue weighted by Crippen LogP contribution is -2.50. The Labute approximate surface area is 178 Å². The summed E-state index contributed by atoms with van der Waals surface area (Å²) in [6, 6.07) is 0. The van der Waals surface area contributed by atoms with Crippen molar-refractivity contribution in [3.05, 3.63) is 23.8 Å². The Balaban J connectivity index is 1.42. The molecule has 1 nitrogen and oxygen atoms in total. The molecule has 160 valence electrons. The summed E-state index contributed by atoms with van der Waals surface area (Å²) in [5.41, 5.74) is 2.32. The lowest BCUT2D eigenvalue weighted by molar-refractivity contribution is -0.127. The van der Waals surface area contributed by atoms with Gasteiger partial charge in [-0.05, 0) is 103 Å². The topological polar surface area (TPSA) is 17.1 Å². The highest BCUT2D eigenvalue weighted by atomic mass is 16.1. The van der Waals surface area contributed by atoms with Crippen LogP contribution < -0.4 is 0 Å². The molecule has 1 heteroatoms. The lowest BCUT2D eigenvalue weighted by Gasteiger charge is -2.54. The van der Waals surface area contributed by atoms with E-state index in [0.29, 0.717) is 40.8 Å². The predicted octanol–water partition coefficient (Wildman–Crippen LogP) is 7.23. The number of hydrogen-bond donors (Lipinski definition) is 0. The molecule has 5 aliphatic carbocycles. The Morgan fingerprint density at radius 1 is 0.966 bits per heavy atom. The molecule has 1 spiro atoms. The molecule has 1 unspecified atom stereocenters. The van der Waals surface area contributed by atoms with Crippen LogP contribution in [0.5, 0.6) is 0 Å². The molecule has 0 aromatic rings. The van der Waals surface area contributed by atoms with Crippen molar-refractivity contribution in [3.8, 4) is 0 Å². The van der Waals surface area contributed by atoms with Gasteiger partial charge < -0.3 is 0 Å². The van der Waals surface area contributed by atoms with Crippen molar-refractivity contribution in [2.24, 2.45) is 57.7 Å². The minimum atomic E-state index is 0.0654. The number of fused-ring (bicyclic) bond motifs is 4. The molecule has 0 heterocycles. The molecule has 0 bridgehead atoms. The van der Waals surface area contributed by atoms with E-state index in [1.54, 1.807) is 5.57 Å². The molecule has 0 aromatic carbocycles. The zero-order valence-corrected chi connectivity index (χ0v) is 19.6. The average Bonchev–Trinajstić information content (AvgIpc) is 3.20. The Morgan fingerprint density at radius 3 is 2.41 bits per heavy atom. The van der Waals surface area contributed by atoms with Gasteiger partial charge in [0, 0.05) is 5.41 Å². The van der Waals surface area contributed by atoms with Crippen molar-refractivity contribution in [2.45, 2.75) is 86.5 Å². The van der Waals surface area contributed by atoms with Crippen molar-refractivity contribution in [2.75, 3.05) is 0 Å². The molecule has 0 saturated heterocycles. The van der Waals surface area contributed by atoms with Crippen LogP contribution in [-0.4, -0.2) is 5.78 Å². The molecule has 0 aliphatic heterocycles. The number of carbonyl (C=O) groups excluding carboxylic acids is 1. The standard InChI is InChI=1S/C28H42O/c1-17(2)18(3)7-8-19(4)22-9-10-23-21-15-25(29)28-16-20(28)11-14-27(28,6)24(21)12-13-26(22,23)5/h7-8,15,17-20,22-24H,9-14,16H2,1-6H3/b8-7+/t18-,19+,20-,22?,23-,24-,26+,27+,28-/m0/s1. The van der Waals surface area contributed by atoms with Gasteiger partial charge in [0.2, 0.25) is 0 Å². The summed E-state index contributed by atoms with van der Waals surface area (Å²) in [5.74, 6) is 5.37. The summed E-state index contributed by atoms with van der Waals surface area (Å²) in [4.78, 5) is 13.4. The van der Waals surface area contributed by atoms with Crippen molar-refractivity contribution in [1.29, 1.82) is 0 Å². The Hall–Kier alpha value is -0.850. The van der Waals surface area contributed by atoms with Crippen LogP contribution in [0.4, 0.5) is 0 Å². The molecule has 0 radical (unpaired) electrons. The SMILES string of the molecule is CC(C)[C@@H](C)/C=C/[C@@H](C)C1CC[C@H]2C3=CC(=O)[C@]45C[C@@H]4CC[C@]5(C)[C@H]3CC[C@]12C. The summed E-state index contributed by atoms with van der Waals surface area (Å²) in [6.07, 6.45) is 16.3. The largest absolute Gasteiger partial charge is 0.294 e. The Morgan fingerprint density at radius 2 is 1.72 bits per heavy atom. The highest BCUT2D eigenvalue weighted by Gasteiger charge is 2.76. The molecule has 0 aromatic heterocycles. The van der Waals surface area contributed by atoms with Gasteiger partial charge >= 0.3 is 0 Å². The highest BCUT2D eigenvalue weighted by molar-refractivity contribution is 6.00. The monoisotopic (exact) mass is 394 g/mol. The van der Waals surface area contributed by atoms with E-state index in [1.807, 2.05) is 0 Å². The minimum absolute atomic E-state index is 0.0654. The number of ketones is 1. The van der Waals surface area contributed by atoms with Crippen molar-refractivity contribution in [3.63, 3.8) is 0 Å². The smallest absolute Gasteiger partial charge is 0.162 e. The second-order valence-corrected chi connectivity index (χ2v) is 12.5. The van der Waals surface area contributed by atoms with Gasteiger partial charge in [0.05, 0.1) is 0 Å². The van der Waals surface area contributed by atoms with Crippen LogP contribution in [0.15, 0.2) is 23.8 Å². The van der Waals surface area contributed by atoms with Crippen LogP contribution in [0.1, 0.15) is 86.5 Å². The Kier molecular flexibility index (Phi) is 4.38. The van der Waals surface area contributed by atoms with Gasteiger partial charge in [-0.25, -0.2) is 0 Å². The van der Waals surface area contributed by atoms with E-state index in [4.69, 9.17) is 0 Å². The van der Waals surface area contributed by atoms with E-state index in [0.717, 1.165) is 11.8 Å². The van der Waals surface area contributed by atoms with Gasteiger partial charge in [0.25, 0.3) is 0 Å². The lowest BCUT2D eigenvalue weighted by atomic mass is 9.49. The van der Waals surface area contributed by atoms with Crippen LogP contribution in [0.25, 0.3) is 0 Å². The van der Waals surface area contributed by atoms with Crippen LogP contribution in [0.3, 0.4) is 0 Å². The van der Waals surface area contributed by atoms with E-state index >= 15 is 0 Å². The van der Waals surface area contributed by atoms with Crippen LogP contribution in [0, 0.1) is 57.7 Å². The zero-order chi connectivity index (χ0) is 20.8. The first-order valence-corrected chi connectivity index (χ1v) is 12.6. The molecule has 9 atom stereocenters. The van der Waals surface area contributed by atoms with E-state index in [-0.39, 0.29) is 10.8 Å². The van der Waals surface area contributed by atoms with E-state index in [1.165, 1.54) is 44.9 Å². The first-order chi connectivity index (χ1) is 13.6. The third-order valence-corrected chi connectivity index (χ3v) is 11.2. The van der Waals surface area contributed by atoms with Gasteiger partial charge in [0.1, 0.15) is 0 Å². The maximum absolute atomic E-state index is 13.4. The second kappa shape index (κ2) is 6.33. The first-order valence-electron chi connectivity index (χ1n) is 12.6. The fraction of sp³-hybridized carbons (Fsp3) is 0.821. The molecular weight excluding hydrogens is 352 g/mol. The van der Waals surface area contributed by atoms with Crippen molar-refractivity contribution >= 4 is 5.78 Å². The zero-order valence-electron chi connectivity index (χ0n) is 19.6. The average molecular weight is 395 g/mol.